The van der Waals surface area contributed by atoms with Gasteiger partial charge in [-0.1, -0.05) is 12.1 Å². The van der Waals surface area contributed by atoms with Crippen LogP contribution in [0.1, 0.15) is 23.9 Å². The number of methoxy groups -OCH3 is 1. The van der Waals surface area contributed by atoms with Crippen molar-refractivity contribution in [2.75, 3.05) is 19.0 Å². The van der Waals surface area contributed by atoms with Crippen LogP contribution >= 0.6 is 0 Å². The molecule has 2 aromatic rings. The molecule has 0 aliphatic rings. The van der Waals surface area contributed by atoms with Gasteiger partial charge in [-0.05, 0) is 31.5 Å². The van der Waals surface area contributed by atoms with E-state index in [1.54, 1.807) is 7.11 Å². The van der Waals surface area contributed by atoms with Gasteiger partial charge in [-0.25, -0.2) is 0 Å². The third-order valence-electron chi connectivity index (χ3n) is 3.54. The molecule has 24 heavy (non-hydrogen) atoms. The summed E-state index contributed by atoms with van der Waals surface area (Å²) in [5.74, 6) is -0.0836. The number of benzene rings is 1. The molecule has 0 radical (unpaired) electrons. The molecule has 0 fully saturated rings. The molecule has 0 atom stereocenters. The number of aryl methyl sites for hydroxylation is 1. The fraction of sp³-hybridized carbons (Fsp3) is 0.353. The summed E-state index contributed by atoms with van der Waals surface area (Å²) in [6, 6.07) is 7.72. The van der Waals surface area contributed by atoms with Crippen LogP contribution in [0.25, 0.3) is 0 Å². The van der Waals surface area contributed by atoms with Gasteiger partial charge in [0.2, 0.25) is 0 Å². The molecule has 7 heteroatoms. The molecule has 1 aromatic heterocycles. The molecule has 0 aliphatic carbocycles. The first-order valence-corrected chi connectivity index (χ1v) is 7.51. The number of hydrogen-bond donors (Lipinski definition) is 1. The number of aromatic nitrogens is 2. The summed E-state index contributed by atoms with van der Waals surface area (Å²) in [5.41, 5.74) is 3.25. The Kier molecular flexibility index (Phi) is 5.57. The van der Waals surface area contributed by atoms with Crippen molar-refractivity contribution in [2.45, 2.75) is 27.3 Å². The van der Waals surface area contributed by atoms with E-state index >= 15 is 0 Å². The van der Waals surface area contributed by atoms with Crippen LogP contribution in [0.4, 0.5) is 5.69 Å². The maximum Gasteiger partial charge on any atom is 0.303 e. The molecular weight excluding hydrogens is 310 g/mol. The average molecular weight is 331 g/mol. The van der Waals surface area contributed by atoms with Gasteiger partial charge >= 0.3 is 5.97 Å². The second kappa shape index (κ2) is 7.63. The van der Waals surface area contributed by atoms with Crippen LogP contribution in [0.2, 0.25) is 0 Å². The van der Waals surface area contributed by atoms with Crippen LogP contribution < -0.4 is 10.1 Å². The Labute approximate surface area is 140 Å². The summed E-state index contributed by atoms with van der Waals surface area (Å²) in [6.45, 7) is 5.23. The number of nitrogens with zero attached hydrogens (tertiary/aromatic N) is 2. The van der Waals surface area contributed by atoms with Gasteiger partial charge in [-0.15, -0.1) is 0 Å². The molecule has 0 bridgehead atoms. The van der Waals surface area contributed by atoms with Crippen molar-refractivity contribution in [3.05, 3.63) is 41.2 Å². The van der Waals surface area contributed by atoms with E-state index < -0.39 is 5.97 Å². The highest BCUT2D eigenvalue weighted by atomic mass is 16.5. The van der Waals surface area contributed by atoms with Crippen molar-refractivity contribution >= 4 is 17.6 Å². The molecular formula is C17H21N3O4. The molecule has 0 spiro atoms. The molecule has 1 N–H and O–H groups in total. The van der Waals surface area contributed by atoms with Crippen LogP contribution in [-0.2, 0) is 20.9 Å². The summed E-state index contributed by atoms with van der Waals surface area (Å²) in [6.07, 6.45) is 0. The molecule has 128 valence electrons. The fourth-order valence-corrected chi connectivity index (χ4v) is 2.28. The first-order valence-electron chi connectivity index (χ1n) is 7.51. The number of anilines is 1. The summed E-state index contributed by atoms with van der Waals surface area (Å²) in [4.78, 5) is 22.6. The van der Waals surface area contributed by atoms with Crippen molar-refractivity contribution < 1.29 is 19.1 Å². The molecule has 0 unspecified atom stereocenters. The van der Waals surface area contributed by atoms with E-state index in [1.807, 2.05) is 42.8 Å². The first kappa shape index (κ1) is 17.5. The lowest BCUT2D eigenvalue weighted by molar-refractivity contribution is -0.144. The number of carbonyl (C=O) groups is 2. The van der Waals surface area contributed by atoms with Crippen LogP contribution in [0.15, 0.2) is 24.3 Å². The highest BCUT2D eigenvalue weighted by Crippen LogP contribution is 2.21. The smallest absolute Gasteiger partial charge is 0.303 e. The maximum atomic E-state index is 11.8. The third kappa shape index (κ3) is 4.34. The molecule has 0 aliphatic heterocycles. The minimum Gasteiger partial charge on any atom is -0.497 e. The van der Waals surface area contributed by atoms with E-state index in [2.05, 4.69) is 15.2 Å². The van der Waals surface area contributed by atoms with Gasteiger partial charge in [0, 0.05) is 6.92 Å². The van der Waals surface area contributed by atoms with E-state index in [0.29, 0.717) is 17.9 Å². The van der Waals surface area contributed by atoms with Crippen LogP contribution in [-0.4, -0.2) is 35.4 Å². The normalized spacial score (nSPS) is 10.3. The van der Waals surface area contributed by atoms with Gasteiger partial charge in [-0.3, -0.25) is 14.3 Å². The van der Waals surface area contributed by atoms with E-state index in [-0.39, 0.29) is 12.5 Å². The highest BCUT2D eigenvalue weighted by molar-refractivity contribution is 5.93. The van der Waals surface area contributed by atoms with E-state index in [1.165, 1.54) is 6.92 Å². The predicted molar refractivity (Wildman–Crippen MR) is 89.1 cm³/mol. The van der Waals surface area contributed by atoms with Gasteiger partial charge < -0.3 is 14.8 Å². The zero-order valence-electron chi connectivity index (χ0n) is 14.3. The van der Waals surface area contributed by atoms with Crippen LogP contribution in [0.5, 0.6) is 5.75 Å². The predicted octanol–water partition coefficient (Wildman–Crippen LogP) is 2.06. The van der Waals surface area contributed by atoms with Crippen molar-refractivity contribution in [3.8, 4) is 5.75 Å². The quantitative estimate of drug-likeness (QED) is 0.819. The van der Waals surface area contributed by atoms with Gasteiger partial charge in [-0.2, -0.15) is 5.10 Å². The van der Waals surface area contributed by atoms with Gasteiger partial charge in [0.15, 0.2) is 6.61 Å². The summed E-state index contributed by atoms with van der Waals surface area (Å²) < 4.78 is 11.7. The van der Waals surface area contributed by atoms with Gasteiger partial charge in [0.05, 0.1) is 30.7 Å². The monoisotopic (exact) mass is 331 g/mol. The maximum absolute atomic E-state index is 11.8. The SMILES string of the molecule is COc1ccc(Cn2nc(C)c(NC(=O)COC(C)=O)c2C)cc1. The molecule has 2 rings (SSSR count). The molecule has 1 heterocycles. The standard InChI is InChI=1S/C17H21N3O4/c1-11-17(18-16(22)10-24-13(3)21)12(2)20(19-11)9-14-5-7-15(23-4)8-6-14/h5-8H,9-10H2,1-4H3,(H,18,22). The van der Waals surface area contributed by atoms with E-state index in [9.17, 15) is 9.59 Å². The molecule has 0 saturated heterocycles. The zero-order valence-corrected chi connectivity index (χ0v) is 14.3. The highest BCUT2D eigenvalue weighted by Gasteiger charge is 2.15. The Bertz CT molecular complexity index is 735. The lowest BCUT2D eigenvalue weighted by Crippen LogP contribution is -2.20. The van der Waals surface area contributed by atoms with Crippen LogP contribution in [0, 0.1) is 13.8 Å². The number of amides is 1. The van der Waals surface area contributed by atoms with E-state index in [4.69, 9.17) is 4.74 Å². The second-order valence-electron chi connectivity index (χ2n) is 5.38. The van der Waals surface area contributed by atoms with Gasteiger partial charge in [0.25, 0.3) is 5.91 Å². The zero-order chi connectivity index (χ0) is 17.7. The molecule has 1 aromatic carbocycles. The van der Waals surface area contributed by atoms with E-state index in [0.717, 1.165) is 17.0 Å². The molecule has 7 nitrogen and oxygen atoms in total. The number of hydrogen-bond acceptors (Lipinski definition) is 5. The minimum atomic E-state index is -0.492. The number of nitrogens with one attached hydrogen (secondary N) is 1. The third-order valence-corrected chi connectivity index (χ3v) is 3.54. The summed E-state index contributed by atoms with van der Waals surface area (Å²) in [5, 5.41) is 7.20. The number of ether oxygens (including phenoxy) is 2. The van der Waals surface area contributed by atoms with Crippen molar-refractivity contribution in [1.82, 2.24) is 9.78 Å². The summed E-state index contributed by atoms with van der Waals surface area (Å²) >= 11 is 0. The van der Waals surface area contributed by atoms with Crippen molar-refractivity contribution in [1.29, 1.82) is 0 Å². The van der Waals surface area contributed by atoms with Crippen molar-refractivity contribution in [3.63, 3.8) is 0 Å². The minimum absolute atomic E-state index is 0.308. The largest absolute Gasteiger partial charge is 0.497 e. The van der Waals surface area contributed by atoms with Gasteiger partial charge in [0.1, 0.15) is 5.75 Å². The number of carbonyl (C=O) groups excluding carboxylic acids is 2. The first-order chi connectivity index (χ1) is 11.4. The Morgan fingerprint density at radius 2 is 1.88 bits per heavy atom. The second-order valence-corrected chi connectivity index (χ2v) is 5.38. The lowest BCUT2D eigenvalue weighted by atomic mass is 10.2. The Hall–Kier alpha value is -2.83. The molecule has 0 saturated carbocycles. The topological polar surface area (TPSA) is 82.4 Å². The van der Waals surface area contributed by atoms with Crippen molar-refractivity contribution in [2.24, 2.45) is 0 Å². The Morgan fingerprint density at radius 3 is 2.46 bits per heavy atom. The molecule has 1 amide bonds. The summed E-state index contributed by atoms with van der Waals surface area (Å²) in [7, 11) is 1.63. The average Bonchev–Trinajstić information content (AvgIpc) is 2.81. The Balaban J connectivity index is 2.10. The fourth-order valence-electron chi connectivity index (χ4n) is 2.28. The number of esters is 1. The Morgan fingerprint density at radius 1 is 1.21 bits per heavy atom. The lowest BCUT2D eigenvalue weighted by Gasteiger charge is -2.08. The number of rotatable bonds is 6. The van der Waals surface area contributed by atoms with Crippen LogP contribution in [0.3, 0.4) is 0 Å².